The zero-order valence-electron chi connectivity index (χ0n) is 9.28. The van der Waals surface area contributed by atoms with Crippen molar-refractivity contribution in [1.29, 1.82) is 0 Å². The van der Waals surface area contributed by atoms with Gasteiger partial charge in [-0.25, -0.2) is 4.85 Å². The second-order valence-corrected chi connectivity index (χ2v) is 1.45. The molecule has 19 heavy (non-hydrogen) atoms. The average molecular weight is 295 g/mol. The van der Waals surface area contributed by atoms with E-state index in [1.165, 1.54) is 0 Å². The summed E-state index contributed by atoms with van der Waals surface area (Å²) in [6.07, 6.45) is 0. The van der Waals surface area contributed by atoms with Crippen LogP contribution in [0.15, 0.2) is 30.3 Å². The van der Waals surface area contributed by atoms with Crippen LogP contribution in [0.25, 0.3) is 4.85 Å². The van der Waals surface area contributed by atoms with Crippen LogP contribution in [0, 0.1) is 39.8 Å². The van der Waals surface area contributed by atoms with Gasteiger partial charge in [-0.1, -0.05) is 30.3 Å². The smallest absolute Gasteiger partial charge is 0 e. The quantitative estimate of drug-likeness (QED) is 0.516. The molecule has 94 valence electrons. The Labute approximate surface area is 122 Å². The number of rotatable bonds is 0. The Bertz CT molecular complexity index is 352. The van der Waals surface area contributed by atoms with Gasteiger partial charge in [-0.05, 0) is 0 Å². The minimum absolute atomic E-state index is 0. The van der Waals surface area contributed by atoms with Gasteiger partial charge < -0.3 is 0 Å². The molecule has 1 aromatic carbocycles. The van der Waals surface area contributed by atoms with E-state index in [0.717, 1.165) is 0 Å². The first-order valence-electron chi connectivity index (χ1n) is 3.38. The average Bonchev–Trinajstić information content (AvgIpc) is 2.57. The van der Waals surface area contributed by atoms with Crippen molar-refractivity contribution in [1.82, 2.24) is 0 Å². The van der Waals surface area contributed by atoms with Gasteiger partial charge in [0.15, 0.2) is 5.69 Å². The summed E-state index contributed by atoms with van der Waals surface area (Å²) in [4.78, 5) is 3.22. The van der Waals surface area contributed by atoms with Crippen LogP contribution in [0.4, 0.5) is 5.69 Å². The van der Waals surface area contributed by atoms with Crippen LogP contribution in [-0.4, -0.2) is 0 Å². The second-order valence-electron chi connectivity index (χ2n) is 1.45. The monoisotopic (exact) mass is 295 g/mol. The molecule has 0 saturated carbocycles. The molecule has 0 amide bonds. The summed E-state index contributed by atoms with van der Waals surface area (Å²) in [5.74, 6) is 0. The summed E-state index contributed by atoms with van der Waals surface area (Å²) >= 11 is 0. The molecule has 0 N–H and O–H groups in total. The molecule has 6 nitrogen and oxygen atoms in total. The van der Waals surface area contributed by atoms with Gasteiger partial charge >= 0.3 is 56.5 Å². The van der Waals surface area contributed by atoms with Crippen LogP contribution in [0.1, 0.15) is 0 Å². The van der Waals surface area contributed by atoms with E-state index in [1.807, 2.05) is 18.2 Å². The third-order valence-corrected chi connectivity index (χ3v) is 0.885. The van der Waals surface area contributed by atoms with Gasteiger partial charge in [-0.15, -0.1) is 0 Å². The van der Waals surface area contributed by atoms with E-state index in [9.17, 15) is 0 Å². The van der Waals surface area contributed by atoms with Gasteiger partial charge in [0.25, 0.3) is 0 Å². The van der Waals surface area contributed by atoms with E-state index in [0.29, 0.717) is 5.69 Å². The molecule has 0 fully saturated rings. The molecule has 0 radical (unpaired) electrons. The van der Waals surface area contributed by atoms with Crippen molar-refractivity contribution in [3.8, 4) is 0 Å². The predicted molar refractivity (Wildman–Crippen MR) is 52.4 cm³/mol. The summed E-state index contributed by atoms with van der Waals surface area (Å²) in [5, 5.41) is 0. The Kier molecular flexibility index (Phi) is 140. The molecule has 7 heteroatoms. The number of hydrogen-bond donors (Lipinski definition) is 0. The number of hydrogen-bond acceptors (Lipinski definition) is 0. The first kappa shape index (κ1) is 36.0. The summed E-state index contributed by atoms with van der Waals surface area (Å²) in [5.41, 5.74) is 0.701. The standard InChI is InChI=1S/C7H5N.5CO.Cr/c1-8-7-5-3-2-4-6-7;5*1-2;/h2-6H;;;;;;. The molecular formula is C12H5CrNO5. The van der Waals surface area contributed by atoms with Crippen molar-refractivity contribution in [2.75, 3.05) is 0 Å². The molecule has 0 aliphatic heterocycles. The van der Waals surface area contributed by atoms with Crippen LogP contribution < -0.4 is 0 Å². The Hall–Kier alpha value is -2.06. The fourth-order valence-electron chi connectivity index (χ4n) is 0.503. The summed E-state index contributed by atoms with van der Waals surface area (Å²) in [6.45, 7) is 29.1. The van der Waals surface area contributed by atoms with Crippen molar-refractivity contribution < 1.29 is 40.6 Å². The van der Waals surface area contributed by atoms with E-state index in [4.69, 9.17) is 29.8 Å². The van der Waals surface area contributed by atoms with E-state index >= 15 is 0 Å². The molecule has 0 spiro atoms. The molecule has 0 heterocycles. The van der Waals surface area contributed by atoms with Crippen LogP contribution in [-0.2, 0) is 40.6 Å². The number of para-hydroxylation sites is 1. The van der Waals surface area contributed by atoms with Crippen molar-refractivity contribution >= 4 is 5.69 Å². The topological polar surface area (TPSA) is 104 Å². The molecule has 1 rings (SSSR count). The van der Waals surface area contributed by atoms with Crippen LogP contribution >= 0.6 is 0 Å². The van der Waals surface area contributed by atoms with Crippen LogP contribution in [0.5, 0.6) is 0 Å². The number of nitrogens with zero attached hydrogens (tertiary/aromatic N) is 1. The predicted octanol–water partition coefficient (Wildman–Crippen LogP) is 2.05. The largest absolute Gasteiger partial charge is 0 e. The molecule has 0 bridgehead atoms. The summed E-state index contributed by atoms with van der Waals surface area (Å²) in [6, 6.07) is 9.18. The van der Waals surface area contributed by atoms with Gasteiger partial charge in [0.1, 0.15) is 0 Å². The van der Waals surface area contributed by atoms with E-state index in [-0.39, 0.29) is 17.4 Å². The van der Waals surface area contributed by atoms with Crippen molar-refractivity contribution in [2.45, 2.75) is 0 Å². The Morgan fingerprint density at radius 2 is 0.895 bits per heavy atom. The van der Waals surface area contributed by atoms with E-state index in [1.54, 1.807) is 12.1 Å². The summed E-state index contributed by atoms with van der Waals surface area (Å²) < 4.78 is 37.5. The minimum atomic E-state index is 0. The third kappa shape index (κ3) is 49.1. The van der Waals surface area contributed by atoms with Crippen LogP contribution in [0.2, 0.25) is 0 Å². The van der Waals surface area contributed by atoms with Crippen molar-refractivity contribution in [2.24, 2.45) is 0 Å². The molecule has 0 aliphatic carbocycles. The molecule has 0 aliphatic rings. The Morgan fingerprint density at radius 1 is 0.632 bits per heavy atom. The maximum Gasteiger partial charge on any atom is 0 e. The second kappa shape index (κ2) is 73.9. The fourth-order valence-corrected chi connectivity index (χ4v) is 0.503. The third-order valence-electron chi connectivity index (χ3n) is 0.885. The normalized spacial score (nSPS) is 3.84. The summed E-state index contributed by atoms with van der Waals surface area (Å²) in [7, 11) is 0. The zero-order chi connectivity index (χ0) is 15.8. The van der Waals surface area contributed by atoms with Gasteiger partial charge in [0.2, 0.25) is 0 Å². The van der Waals surface area contributed by atoms with Crippen LogP contribution in [0.3, 0.4) is 0 Å². The fraction of sp³-hybridized carbons (Fsp3) is 0. The van der Waals surface area contributed by atoms with E-state index < -0.39 is 0 Å². The molecule has 0 unspecified atom stereocenters. The molecule has 1 aromatic rings. The first-order chi connectivity index (χ1) is 8.93. The molecule has 0 aromatic heterocycles. The van der Waals surface area contributed by atoms with E-state index in [2.05, 4.69) is 38.1 Å². The minimum Gasteiger partial charge on any atom is 0 e. The van der Waals surface area contributed by atoms with Gasteiger partial charge in [-0.2, -0.15) is 0 Å². The number of benzene rings is 1. The SMILES string of the molecule is [C-]#[N+]c1ccccc1.[C-]#[O+].[C-]#[O+].[C-]#[O+].[C-]#[O+].[C-]#[O+].[Cr]. The van der Waals surface area contributed by atoms with Gasteiger partial charge in [0, 0.05) is 17.4 Å². The zero-order valence-corrected chi connectivity index (χ0v) is 10.6. The Balaban J connectivity index is -0.0000000332. The molecule has 0 atom stereocenters. The van der Waals surface area contributed by atoms with Gasteiger partial charge in [0.05, 0.1) is 6.57 Å². The van der Waals surface area contributed by atoms with Crippen molar-refractivity contribution in [3.63, 3.8) is 0 Å². The molecule has 0 saturated heterocycles. The molecular weight excluding hydrogens is 290 g/mol. The maximum atomic E-state index is 7.50. The van der Waals surface area contributed by atoms with Crippen molar-refractivity contribution in [3.05, 3.63) is 75.0 Å². The maximum absolute atomic E-state index is 7.50. The van der Waals surface area contributed by atoms with Gasteiger partial charge in [-0.3, -0.25) is 0 Å². The first-order valence-corrected chi connectivity index (χ1v) is 3.38. The Morgan fingerprint density at radius 3 is 1.05 bits per heavy atom.